The summed E-state index contributed by atoms with van der Waals surface area (Å²) in [7, 11) is 2.17. The molecule has 0 aromatic carbocycles. The van der Waals surface area contributed by atoms with Crippen molar-refractivity contribution >= 4 is 0 Å². The van der Waals surface area contributed by atoms with Gasteiger partial charge in [-0.25, -0.2) is 0 Å². The first kappa shape index (κ1) is 8.60. The normalized spacial score (nSPS) is 27.1. The molecule has 1 unspecified atom stereocenters. The van der Waals surface area contributed by atoms with Gasteiger partial charge in [-0.3, -0.25) is 4.90 Å². The van der Waals surface area contributed by atoms with Crippen LogP contribution in [0.1, 0.15) is 20.8 Å². The summed E-state index contributed by atoms with van der Waals surface area (Å²) in [6.07, 6.45) is 2.83. The van der Waals surface area contributed by atoms with E-state index in [1.54, 1.807) is 0 Å². The van der Waals surface area contributed by atoms with E-state index in [0.717, 1.165) is 13.1 Å². The summed E-state index contributed by atoms with van der Waals surface area (Å²) in [6.45, 7) is 8.83. The fourth-order valence-electron chi connectivity index (χ4n) is 1.57. The number of hydrogen-bond acceptors (Lipinski definition) is 2. The lowest BCUT2D eigenvalue weighted by Crippen LogP contribution is -2.45. The van der Waals surface area contributed by atoms with Crippen molar-refractivity contribution in [3.63, 3.8) is 0 Å². The van der Waals surface area contributed by atoms with Crippen LogP contribution in [0.3, 0.4) is 0 Å². The van der Waals surface area contributed by atoms with Gasteiger partial charge in [-0.05, 0) is 33.4 Å². The maximum Gasteiger partial charge on any atom is 0.0786 e. The largest absolute Gasteiger partial charge is 0.362 e. The van der Waals surface area contributed by atoms with Gasteiger partial charge in [0.25, 0.3) is 0 Å². The Labute approximate surface area is 69.5 Å². The van der Waals surface area contributed by atoms with E-state index in [4.69, 9.17) is 0 Å². The van der Waals surface area contributed by atoms with Crippen LogP contribution < -0.4 is 0 Å². The van der Waals surface area contributed by atoms with E-state index in [1.807, 2.05) is 0 Å². The molecule has 0 saturated heterocycles. The van der Waals surface area contributed by atoms with Crippen molar-refractivity contribution in [1.82, 2.24) is 9.80 Å². The minimum atomic E-state index is 0.559. The fraction of sp³-hybridized carbons (Fsp3) is 0.778. The average molecular weight is 154 g/mol. The molecule has 0 aliphatic carbocycles. The van der Waals surface area contributed by atoms with Crippen LogP contribution in [-0.2, 0) is 0 Å². The predicted octanol–water partition coefficient (Wildman–Crippen LogP) is 1.50. The highest BCUT2D eigenvalue weighted by Gasteiger charge is 2.18. The Bertz CT molecular complexity index is 163. The molecule has 1 atom stereocenters. The van der Waals surface area contributed by atoms with E-state index < -0.39 is 0 Å². The first-order valence-corrected chi connectivity index (χ1v) is 4.28. The van der Waals surface area contributed by atoms with Gasteiger partial charge in [0, 0.05) is 19.3 Å². The van der Waals surface area contributed by atoms with Crippen LogP contribution in [0, 0.1) is 0 Å². The van der Waals surface area contributed by atoms with E-state index in [0.29, 0.717) is 6.17 Å². The second-order valence-electron chi connectivity index (χ2n) is 3.35. The predicted molar refractivity (Wildman–Crippen MR) is 48.2 cm³/mol. The molecule has 0 bridgehead atoms. The third-order valence-corrected chi connectivity index (χ3v) is 2.37. The first-order valence-electron chi connectivity index (χ1n) is 4.28. The summed E-state index contributed by atoms with van der Waals surface area (Å²) >= 11 is 0. The summed E-state index contributed by atoms with van der Waals surface area (Å²) in [4.78, 5) is 4.72. The summed E-state index contributed by atoms with van der Waals surface area (Å²) in [6, 6.07) is 0. The molecule has 0 radical (unpaired) electrons. The molecule has 0 spiro atoms. The van der Waals surface area contributed by atoms with Crippen LogP contribution in [-0.4, -0.2) is 36.1 Å². The SMILES string of the molecule is CCN1C=C(C)CN(C)C1C. The molecule has 11 heavy (non-hydrogen) atoms. The maximum absolute atomic E-state index is 2.36. The lowest BCUT2D eigenvalue weighted by Gasteiger charge is -2.38. The second kappa shape index (κ2) is 3.26. The van der Waals surface area contributed by atoms with E-state index in [-0.39, 0.29) is 0 Å². The Balaban J connectivity index is 2.70. The van der Waals surface area contributed by atoms with E-state index in [9.17, 15) is 0 Å². The number of rotatable bonds is 1. The van der Waals surface area contributed by atoms with Gasteiger partial charge in [0.1, 0.15) is 0 Å². The molecule has 0 N–H and O–H groups in total. The van der Waals surface area contributed by atoms with Crippen LogP contribution in [0.4, 0.5) is 0 Å². The zero-order valence-electron chi connectivity index (χ0n) is 7.96. The van der Waals surface area contributed by atoms with Crippen LogP contribution >= 0.6 is 0 Å². The average Bonchev–Trinajstić information content (AvgIpc) is 1.96. The van der Waals surface area contributed by atoms with Crippen molar-refractivity contribution in [3.8, 4) is 0 Å². The van der Waals surface area contributed by atoms with Crippen LogP contribution in [0.15, 0.2) is 11.8 Å². The lowest BCUT2D eigenvalue weighted by molar-refractivity contribution is 0.112. The van der Waals surface area contributed by atoms with Crippen molar-refractivity contribution in [2.45, 2.75) is 26.9 Å². The van der Waals surface area contributed by atoms with Crippen molar-refractivity contribution in [3.05, 3.63) is 11.8 Å². The molecule has 1 aliphatic heterocycles. The smallest absolute Gasteiger partial charge is 0.0786 e. The third kappa shape index (κ3) is 1.74. The Hall–Kier alpha value is -0.500. The van der Waals surface area contributed by atoms with Crippen LogP contribution in [0.2, 0.25) is 0 Å². The second-order valence-corrected chi connectivity index (χ2v) is 3.35. The molecule has 0 amide bonds. The topological polar surface area (TPSA) is 6.48 Å². The molecular weight excluding hydrogens is 136 g/mol. The molecule has 64 valence electrons. The number of likely N-dealkylation sites (N-methyl/N-ethyl adjacent to an activating group) is 1. The van der Waals surface area contributed by atoms with E-state index >= 15 is 0 Å². The van der Waals surface area contributed by atoms with Crippen molar-refractivity contribution in [2.24, 2.45) is 0 Å². The standard InChI is InChI=1S/C9H18N2/c1-5-11-7-8(2)6-10(4)9(11)3/h7,9H,5-6H2,1-4H3. The van der Waals surface area contributed by atoms with Gasteiger partial charge in [-0.15, -0.1) is 0 Å². The molecule has 0 fully saturated rings. The minimum Gasteiger partial charge on any atom is -0.362 e. The molecule has 2 nitrogen and oxygen atoms in total. The van der Waals surface area contributed by atoms with Crippen molar-refractivity contribution < 1.29 is 0 Å². The van der Waals surface area contributed by atoms with Gasteiger partial charge in [0.05, 0.1) is 6.17 Å². The molecule has 1 aliphatic rings. The third-order valence-electron chi connectivity index (χ3n) is 2.37. The van der Waals surface area contributed by atoms with Gasteiger partial charge < -0.3 is 4.90 Å². The highest BCUT2D eigenvalue weighted by Crippen LogP contribution is 2.13. The van der Waals surface area contributed by atoms with Crippen molar-refractivity contribution in [1.29, 1.82) is 0 Å². The van der Waals surface area contributed by atoms with Gasteiger partial charge in [0.2, 0.25) is 0 Å². The molecule has 0 saturated carbocycles. The minimum absolute atomic E-state index is 0.559. The number of hydrogen-bond donors (Lipinski definition) is 0. The summed E-state index contributed by atoms with van der Waals surface area (Å²) in [5, 5.41) is 0. The van der Waals surface area contributed by atoms with Gasteiger partial charge in [0.15, 0.2) is 0 Å². The van der Waals surface area contributed by atoms with Crippen LogP contribution in [0.25, 0.3) is 0 Å². The monoisotopic (exact) mass is 154 g/mol. The Morgan fingerprint density at radius 1 is 1.64 bits per heavy atom. The molecule has 0 aromatic rings. The number of nitrogens with zero attached hydrogens (tertiary/aromatic N) is 2. The van der Waals surface area contributed by atoms with E-state index in [1.165, 1.54) is 5.57 Å². The van der Waals surface area contributed by atoms with Gasteiger partial charge in [-0.2, -0.15) is 0 Å². The maximum atomic E-state index is 2.36. The fourth-order valence-corrected chi connectivity index (χ4v) is 1.57. The van der Waals surface area contributed by atoms with Crippen molar-refractivity contribution in [2.75, 3.05) is 20.1 Å². The summed E-state index contributed by atoms with van der Waals surface area (Å²) in [5.41, 5.74) is 1.45. The zero-order valence-corrected chi connectivity index (χ0v) is 7.96. The quantitative estimate of drug-likeness (QED) is 0.565. The molecule has 2 heteroatoms. The molecule has 0 aromatic heterocycles. The highest BCUT2D eigenvalue weighted by molar-refractivity contribution is 5.04. The Morgan fingerprint density at radius 3 is 2.82 bits per heavy atom. The molecule has 1 rings (SSSR count). The van der Waals surface area contributed by atoms with Gasteiger partial charge >= 0.3 is 0 Å². The molecular formula is C9H18N2. The van der Waals surface area contributed by atoms with Crippen LogP contribution in [0.5, 0.6) is 0 Å². The highest BCUT2D eigenvalue weighted by atomic mass is 15.3. The first-order chi connectivity index (χ1) is 5.15. The van der Waals surface area contributed by atoms with Gasteiger partial charge in [-0.1, -0.05) is 0 Å². The Kier molecular flexibility index (Phi) is 2.55. The lowest BCUT2D eigenvalue weighted by atomic mass is 10.2. The zero-order chi connectivity index (χ0) is 8.43. The summed E-state index contributed by atoms with van der Waals surface area (Å²) < 4.78 is 0. The van der Waals surface area contributed by atoms with E-state index in [2.05, 4.69) is 43.8 Å². The molecule has 1 heterocycles. The Morgan fingerprint density at radius 2 is 2.27 bits per heavy atom. The summed E-state index contributed by atoms with van der Waals surface area (Å²) in [5.74, 6) is 0.